The number of benzene rings is 1. The Morgan fingerprint density at radius 1 is 1.33 bits per heavy atom. The normalized spacial score (nSPS) is 10.4. The molecule has 1 aromatic carbocycles. The van der Waals surface area contributed by atoms with E-state index >= 15 is 0 Å². The molecule has 0 spiro atoms. The van der Waals surface area contributed by atoms with E-state index in [2.05, 4.69) is 32.3 Å². The third-order valence-electron chi connectivity index (χ3n) is 2.41. The Kier molecular flexibility index (Phi) is 3.91. The van der Waals surface area contributed by atoms with Crippen molar-refractivity contribution in [3.63, 3.8) is 0 Å². The first-order chi connectivity index (χ1) is 8.56. The molecular weight excluding hydrogens is 368 g/mol. The lowest BCUT2D eigenvalue weighted by molar-refractivity contribution is 0.0594. The molecule has 0 saturated carbocycles. The molecule has 18 heavy (non-hydrogen) atoms. The van der Waals surface area contributed by atoms with Crippen molar-refractivity contribution >= 4 is 51.1 Å². The number of nitrogens with zero attached hydrogens (tertiary/aromatic N) is 1. The fourth-order valence-corrected chi connectivity index (χ4v) is 2.75. The summed E-state index contributed by atoms with van der Waals surface area (Å²) in [5.41, 5.74) is 0.877. The number of rotatable bonds is 2. The van der Waals surface area contributed by atoms with Crippen LogP contribution in [-0.2, 0) is 4.74 Å². The van der Waals surface area contributed by atoms with Gasteiger partial charge in [-0.25, -0.2) is 9.78 Å². The van der Waals surface area contributed by atoms with Crippen LogP contribution in [-0.4, -0.2) is 25.2 Å². The maximum atomic E-state index is 11.5. The Bertz CT molecular complexity index is 630. The van der Waals surface area contributed by atoms with Crippen molar-refractivity contribution in [3.8, 4) is 5.75 Å². The minimum absolute atomic E-state index is 0.210. The summed E-state index contributed by atoms with van der Waals surface area (Å²) in [5, 5.41) is 1.36. The number of hydrogen-bond acceptors (Lipinski definition) is 4. The van der Waals surface area contributed by atoms with Crippen LogP contribution in [0.15, 0.2) is 18.2 Å². The number of pyridine rings is 1. The van der Waals surface area contributed by atoms with E-state index in [4.69, 9.17) is 16.3 Å². The van der Waals surface area contributed by atoms with Gasteiger partial charge in [-0.15, -0.1) is 0 Å². The third-order valence-corrected chi connectivity index (χ3v) is 3.45. The number of ether oxygens (including phenoxy) is 2. The zero-order valence-corrected chi connectivity index (χ0v) is 12.6. The molecule has 0 saturated heterocycles. The minimum Gasteiger partial charge on any atom is -0.496 e. The molecule has 94 valence electrons. The molecule has 0 atom stereocenters. The first-order valence-electron chi connectivity index (χ1n) is 4.99. The molecule has 1 aromatic heterocycles. The lowest BCUT2D eigenvalue weighted by Gasteiger charge is -2.09. The molecule has 0 radical (unpaired) electrons. The predicted molar refractivity (Wildman–Crippen MR) is 77.4 cm³/mol. The van der Waals surface area contributed by atoms with E-state index in [1.165, 1.54) is 14.2 Å². The molecule has 4 nitrogen and oxygen atoms in total. The fraction of sp³-hybridized carbons (Fsp3) is 0.167. The Morgan fingerprint density at radius 2 is 2.06 bits per heavy atom. The Hall–Kier alpha value is -1.08. The summed E-state index contributed by atoms with van der Waals surface area (Å²) in [6.45, 7) is 0. The number of aromatic nitrogens is 1. The zero-order chi connectivity index (χ0) is 13.3. The maximum Gasteiger partial charge on any atom is 0.356 e. The van der Waals surface area contributed by atoms with E-state index in [1.807, 2.05) is 0 Å². The van der Waals surface area contributed by atoms with Crippen molar-refractivity contribution in [2.24, 2.45) is 0 Å². The number of carbonyl (C=O) groups excluding carboxylic acids is 1. The van der Waals surface area contributed by atoms with Gasteiger partial charge in [-0.2, -0.15) is 0 Å². The lowest BCUT2D eigenvalue weighted by Crippen LogP contribution is -2.05. The average molecular weight is 378 g/mol. The van der Waals surface area contributed by atoms with Crippen molar-refractivity contribution in [1.29, 1.82) is 0 Å². The Morgan fingerprint density at radius 3 is 2.67 bits per heavy atom. The second-order valence-corrected chi connectivity index (χ2v) is 5.08. The van der Waals surface area contributed by atoms with Gasteiger partial charge in [-0.3, -0.25) is 0 Å². The molecule has 0 N–H and O–H groups in total. The van der Waals surface area contributed by atoms with Crippen molar-refractivity contribution in [3.05, 3.63) is 32.5 Å². The van der Waals surface area contributed by atoms with E-state index in [0.29, 0.717) is 16.3 Å². The van der Waals surface area contributed by atoms with Gasteiger partial charge >= 0.3 is 5.97 Å². The molecule has 0 fully saturated rings. The van der Waals surface area contributed by atoms with Crippen LogP contribution in [0.25, 0.3) is 10.9 Å². The van der Waals surface area contributed by atoms with Crippen molar-refractivity contribution in [1.82, 2.24) is 4.98 Å². The molecule has 0 bridgehead atoms. The molecule has 0 aliphatic carbocycles. The Balaban J connectivity index is 2.79. The minimum atomic E-state index is -0.499. The van der Waals surface area contributed by atoms with Crippen LogP contribution in [0.1, 0.15) is 10.5 Å². The molecule has 0 aliphatic heterocycles. The van der Waals surface area contributed by atoms with E-state index in [-0.39, 0.29) is 5.69 Å². The van der Waals surface area contributed by atoms with Crippen LogP contribution < -0.4 is 4.74 Å². The summed E-state index contributed by atoms with van der Waals surface area (Å²) in [5.74, 6) is 0.0433. The number of fused-ring (bicyclic) bond motifs is 1. The molecule has 2 aromatic rings. The molecule has 2 rings (SSSR count). The highest BCUT2D eigenvalue weighted by atomic mass is 127. The third kappa shape index (κ3) is 2.37. The lowest BCUT2D eigenvalue weighted by atomic mass is 10.2. The highest BCUT2D eigenvalue weighted by Gasteiger charge is 2.15. The van der Waals surface area contributed by atoms with Crippen LogP contribution in [0.2, 0.25) is 5.02 Å². The van der Waals surface area contributed by atoms with Crippen LogP contribution in [0.4, 0.5) is 0 Å². The second-order valence-electron chi connectivity index (χ2n) is 3.49. The highest BCUT2D eigenvalue weighted by molar-refractivity contribution is 14.1. The first-order valence-corrected chi connectivity index (χ1v) is 6.44. The molecule has 1 heterocycles. The summed E-state index contributed by atoms with van der Waals surface area (Å²) in [6, 6.07) is 5.07. The van der Waals surface area contributed by atoms with Gasteiger partial charge in [-0.05, 0) is 34.7 Å². The smallest absolute Gasteiger partial charge is 0.356 e. The molecule has 0 amide bonds. The van der Waals surface area contributed by atoms with Crippen molar-refractivity contribution in [2.45, 2.75) is 0 Å². The highest BCUT2D eigenvalue weighted by Crippen LogP contribution is 2.31. The van der Waals surface area contributed by atoms with Gasteiger partial charge < -0.3 is 9.47 Å². The summed E-state index contributed by atoms with van der Waals surface area (Å²) < 4.78 is 10.8. The van der Waals surface area contributed by atoms with E-state index < -0.39 is 5.97 Å². The summed E-state index contributed by atoms with van der Waals surface area (Å²) >= 11 is 8.12. The van der Waals surface area contributed by atoms with Crippen molar-refractivity contribution in [2.75, 3.05) is 14.2 Å². The number of hydrogen-bond donors (Lipinski definition) is 0. The number of halogens is 2. The number of carbonyl (C=O) groups is 1. The van der Waals surface area contributed by atoms with Gasteiger partial charge in [0.2, 0.25) is 0 Å². The van der Waals surface area contributed by atoms with E-state index in [0.717, 1.165) is 8.96 Å². The van der Waals surface area contributed by atoms with Gasteiger partial charge in [0.15, 0.2) is 5.69 Å². The standard InChI is InChI=1S/C12H9ClINO3/c1-17-10-5-9(12(16)18-2)15-11-7(10)3-6(13)4-8(11)14/h3-5H,1-2H3. The van der Waals surface area contributed by atoms with Gasteiger partial charge in [0.25, 0.3) is 0 Å². The summed E-state index contributed by atoms with van der Waals surface area (Å²) in [6.07, 6.45) is 0. The van der Waals surface area contributed by atoms with Gasteiger partial charge in [0.1, 0.15) is 5.75 Å². The fourth-order valence-electron chi connectivity index (χ4n) is 1.60. The average Bonchev–Trinajstić information content (AvgIpc) is 2.36. The topological polar surface area (TPSA) is 48.4 Å². The van der Waals surface area contributed by atoms with Crippen LogP contribution in [0.3, 0.4) is 0 Å². The predicted octanol–water partition coefficient (Wildman–Crippen LogP) is 3.29. The quantitative estimate of drug-likeness (QED) is 0.595. The van der Waals surface area contributed by atoms with E-state index in [1.54, 1.807) is 18.2 Å². The zero-order valence-electron chi connectivity index (χ0n) is 9.66. The van der Waals surface area contributed by atoms with E-state index in [9.17, 15) is 4.79 Å². The monoisotopic (exact) mass is 377 g/mol. The second kappa shape index (κ2) is 5.27. The van der Waals surface area contributed by atoms with Crippen LogP contribution >= 0.6 is 34.2 Å². The van der Waals surface area contributed by atoms with Crippen LogP contribution in [0, 0.1) is 3.57 Å². The molecule has 6 heteroatoms. The molecule has 0 unspecified atom stereocenters. The van der Waals surface area contributed by atoms with Gasteiger partial charge in [-0.1, -0.05) is 11.6 Å². The van der Waals surface area contributed by atoms with Crippen LogP contribution in [0.5, 0.6) is 5.75 Å². The van der Waals surface area contributed by atoms with Crippen molar-refractivity contribution < 1.29 is 14.3 Å². The molecular formula is C12H9ClINO3. The largest absolute Gasteiger partial charge is 0.496 e. The summed E-state index contributed by atoms with van der Waals surface area (Å²) in [4.78, 5) is 15.8. The maximum absolute atomic E-state index is 11.5. The first kappa shape index (κ1) is 13.4. The Labute approximate surface area is 122 Å². The summed E-state index contributed by atoms with van der Waals surface area (Å²) in [7, 11) is 2.84. The SMILES string of the molecule is COC(=O)c1cc(OC)c2cc(Cl)cc(I)c2n1. The van der Waals surface area contributed by atoms with Gasteiger partial charge in [0, 0.05) is 20.0 Å². The van der Waals surface area contributed by atoms with Gasteiger partial charge in [0.05, 0.1) is 19.7 Å². The number of esters is 1. The molecule has 0 aliphatic rings. The number of methoxy groups -OCH3 is 2.